The number of benzene rings is 1. The van der Waals surface area contributed by atoms with Gasteiger partial charge in [-0.25, -0.2) is 0 Å². The molecular formula is C12H17NO2. The van der Waals surface area contributed by atoms with Gasteiger partial charge in [-0.05, 0) is 18.6 Å². The number of nitrogens with one attached hydrogen (secondary N) is 1. The van der Waals surface area contributed by atoms with Crippen LogP contribution >= 0.6 is 0 Å². The van der Waals surface area contributed by atoms with Crippen LogP contribution in [0.15, 0.2) is 24.3 Å². The number of carbonyl (C=O) groups is 1. The summed E-state index contributed by atoms with van der Waals surface area (Å²) in [5, 5.41) is 3.22. The first-order valence-corrected chi connectivity index (χ1v) is 5.19. The SMILES string of the molecule is CCC(=O)OCCNc1ccccc1C. The highest BCUT2D eigenvalue weighted by molar-refractivity contribution is 5.68. The standard InChI is InChI=1S/C12H17NO2/c1-3-12(14)15-9-8-13-11-7-5-4-6-10(11)2/h4-7,13H,3,8-9H2,1-2H3. The van der Waals surface area contributed by atoms with E-state index in [0.717, 1.165) is 5.69 Å². The van der Waals surface area contributed by atoms with Crippen molar-refractivity contribution in [2.75, 3.05) is 18.5 Å². The van der Waals surface area contributed by atoms with Crippen LogP contribution < -0.4 is 5.32 Å². The second kappa shape index (κ2) is 6.06. The molecule has 3 heteroatoms. The molecular weight excluding hydrogens is 190 g/mol. The number of carbonyl (C=O) groups excluding carboxylic acids is 1. The van der Waals surface area contributed by atoms with E-state index in [-0.39, 0.29) is 5.97 Å². The van der Waals surface area contributed by atoms with E-state index in [1.807, 2.05) is 31.2 Å². The van der Waals surface area contributed by atoms with Crippen LogP contribution in [0.4, 0.5) is 5.69 Å². The summed E-state index contributed by atoms with van der Waals surface area (Å²) in [6, 6.07) is 8.03. The van der Waals surface area contributed by atoms with Gasteiger partial charge in [0.1, 0.15) is 6.61 Å². The summed E-state index contributed by atoms with van der Waals surface area (Å²) in [6.45, 7) is 4.90. The Hall–Kier alpha value is -1.51. The van der Waals surface area contributed by atoms with Gasteiger partial charge >= 0.3 is 5.97 Å². The molecule has 1 rings (SSSR count). The van der Waals surface area contributed by atoms with Crippen LogP contribution in [0.3, 0.4) is 0 Å². The van der Waals surface area contributed by atoms with Crippen LogP contribution in [0.2, 0.25) is 0 Å². The number of para-hydroxylation sites is 1. The quantitative estimate of drug-likeness (QED) is 0.595. The number of rotatable bonds is 5. The summed E-state index contributed by atoms with van der Waals surface area (Å²) in [5.41, 5.74) is 2.28. The van der Waals surface area contributed by atoms with E-state index < -0.39 is 0 Å². The van der Waals surface area contributed by atoms with Gasteiger partial charge in [-0.1, -0.05) is 25.1 Å². The van der Waals surface area contributed by atoms with Gasteiger partial charge in [0.2, 0.25) is 0 Å². The highest BCUT2D eigenvalue weighted by Gasteiger charge is 1.98. The average molecular weight is 207 g/mol. The summed E-state index contributed by atoms with van der Waals surface area (Å²) in [4.78, 5) is 10.8. The largest absolute Gasteiger partial charge is 0.464 e. The molecule has 0 spiro atoms. The predicted octanol–water partition coefficient (Wildman–Crippen LogP) is 2.36. The average Bonchev–Trinajstić information content (AvgIpc) is 2.26. The Kier molecular flexibility index (Phi) is 4.68. The van der Waals surface area contributed by atoms with Crippen molar-refractivity contribution in [3.63, 3.8) is 0 Å². The summed E-state index contributed by atoms with van der Waals surface area (Å²) < 4.78 is 4.95. The van der Waals surface area contributed by atoms with Gasteiger partial charge in [-0.3, -0.25) is 4.79 Å². The van der Waals surface area contributed by atoms with Crippen molar-refractivity contribution in [1.82, 2.24) is 0 Å². The van der Waals surface area contributed by atoms with Crippen LogP contribution in [-0.4, -0.2) is 19.1 Å². The molecule has 0 bridgehead atoms. The zero-order valence-electron chi connectivity index (χ0n) is 9.25. The van der Waals surface area contributed by atoms with Crippen molar-refractivity contribution in [2.45, 2.75) is 20.3 Å². The lowest BCUT2D eigenvalue weighted by Crippen LogP contribution is -2.13. The summed E-state index contributed by atoms with van der Waals surface area (Å²) >= 11 is 0. The van der Waals surface area contributed by atoms with Crippen molar-refractivity contribution in [2.24, 2.45) is 0 Å². The van der Waals surface area contributed by atoms with E-state index in [1.54, 1.807) is 6.92 Å². The minimum absolute atomic E-state index is 0.151. The Morgan fingerprint density at radius 1 is 1.40 bits per heavy atom. The van der Waals surface area contributed by atoms with Gasteiger partial charge in [0, 0.05) is 18.7 Å². The Balaban J connectivity index is 2.26. The molecule has 1 N–H and O–H groups in total. The molecule has 0 aliphatic heterocycles. The molecule has 0 aliphatic rings. The zero-order chi connectivity index (χ0) is 11.1. The van der Waals surface area contributed by atoms with E-state index in [1.165, 1.54) is 5.56 Å². The summed E-state index contributed by atoms with van der Waals surface area (Å²) in [5.74, 6) is -0.151. The monoisotopic (exact) mass is 207 g/mol. The van der Waals surface area contributed by atoms with Crippen LogP contribution in [-0.2, 0) is 9.53 Å². The fourth-order valence-electron chi connectivity index (χ4n) is 1.22. The first-order valence-electron chi connectivity index (χ1n) is 5.19. The molecule has 1 aromatic carbocycles. The fraction of sp³-hybridized carbons (Fsp3) is 0.417. The smallest absolute Gasteiger partial charge is 0.305 e. The maximum atomic E-state index is 10.8. The van der Waals surface area contributed by atoms with Crippen LogP contribution in [0.25, 0.3) is 0 Å². The van der Waals surface area contributed by atoms with Crippen LogP contribution in [0, 0.1) is 6.92 Å². The first-order chi connectivity index (χ1) is 7.24. The van der Waals surface area contributed by atoms with Crippen molar-refractivity contribution < 1.29 is 9.53 Å². The molecule has 0 saturated heterocycles. The van der Waals surface area contributed by atoms with Gasteiger partial charge in [0.05, 0.1) is 0 Å². The fourth-order valence-corrected chi connectivity index (χ4v) is 1.22. The number of aryl methyl sites for hydroxylation is 1. The number of esters is 1. The van der Waals surface area contributed by atoms with E-state index in [2.05, 4.69) is 5.32 Å². The molecule has 15 heavy (non-hydrogen) atoms. The third-order valence-corrected chi connectivity index (χ3v) is 2.11. The van der Waals surface area contributed by atoms with Gasteiger partial charge in [-0.15, -0.1) is 0 Å². The molecule has 0 aromatic heterocycles. The van der Waals surface area contributed by atoms with Crippen molar-refractivity contribution in [1.29, 1.82) is 0 Å². The predicted molar refractivity (Wildman–Crippen MR) is 60.9 cm³/mol. The van der Waals surface area contributed by atoms with Crippen LogP contribution in [0.1, 0.15) is 18.9 Å². The maximum Gasteiger partial charge on any atom is 0.305 e. The Bertz CT molecular complexity index is 323. The molecule has 0 fully saturated rings. The number of ether oxygens (including phenoxy) is 1. The molecule has 0 saturated carbocycles. The molecule has 0 atom stereocenters. The van der Waals surface area contributed by atoms with Gasteiger partial charge in [0.15, 0.2) is 0 Å². The van der Waals surface area contributed by atoms with E-state index >= 15 is 0 Å². The highest BCUT2D eigenvalue weighted by Crippen LogP contribution is 2.12. The Morgan fingerprint density at radius 3 is 2.80 bits per heavy atom. The second-order valence-electron chi connectivity index (χ2n) is 3.32. The lowest BCUT2D eigenvalue weighted by Gasteiger charge is -2.09. The lowest BCUT2D eigenvalue weighted by molar-refractivity contribution is -0.142. The maximum absolute atomic E-state index is 10.8. The highest BCUT2D eigenvalue weighted by atomic mass is 16.5. The molecule has 3 nitrogen and oxygen atoms in total. The van der Waals surface area contributed by atoms with Crippen molar-refractivity contribution in [3.8, 4) is 0 Å². The summed E-state index contributed by atoms with van der Waals surface area (Å²) in [7, 11) is 0. The zero-order valence-corrected chi connectivity index (χ0v) is 9.25. The molecule has 0 amide bonds. The van der Waals surface area contributed by atoms with Gasteiger partial charge < -0.3 is 10.1 Å². The number of hydrogen-bond donors (Lipinski definition) is 1. The lowest BCUT2D eigenvalue weighted by atomic mass is 10.2. The van der Waals surface area contributed by atoms with E-state index in [9.17, 15) is 4.79 Å². The normalized spacial score (nSPS) is 9.73. The van der Waals surface area contributed by atoms with E-state index in [0.29, 0.717) is 19.6 Å². The molecule has 0 radical (unpaired) electrons. The van der Waals surface area contributed by atoms with E-state index in [4.69, 9.17) is 4.74 Å². The molecule has 82 valence electrons. The topological polar surface area (TPSA) is 38.3 Å². The van der Waals surface area contributed by atoms with Crippen molar-refractivity contribution in [3.05, 3.63) is 29.8 Å². The third-order valence-electron chi connectivity index (χ3n) is 2.11. The Morgan fingerprint density at radius 2 is 2.13 bits per heavy atom. The Labute approximate surface area is 90.4 Å². The number of anilines is 1. The minimum Gasteiger partial charge on any atom is -0.464 e. The van der Waals surface area contributed by atoms with Gasteiger partial charge in [0.25, 0.3) is 0 Å². The molecule has 0 aliphatic carbocycles. The minimum atomic E-state index is -0.151. The van der Waals surface area contributed by atoms with Gasteiger partial charge in [-0.2, -0.15) is 0 Å². The molecule has 0 heterocycles. The second-order valence-corrected chi connectivity index (χ2v) is 3.32. The first kappa shape index (κ1) is 11.6. The van der Waals surface area contributed by atoms with Crippen LogP contribution in [0.5, 0.6) is 0 Å². The molecule has 1 aromatic rings. The van der Waals surface area contributed by atoms with Crippen molar-refractivity contribution >= 4 is 11.7 Å². The third kappa shape index (κ3) is 4.02. The molecule has 0 unspecified atom stereocenters. The number of hydrogen-bond acceptors (Lipinski definition) is 3. The summed E-state index contributed by atoms with van der Waals surface area (Å²) in [6.07, 6.45) is 0.435.